The molecular formula is C23H41NO2. The van der Waals surface area contributed by atoms with E-state index in [1.165, 1.54) is 77.0 Å². The number of hydrogen-bond donors (Lipinski definition) is 0. The molecule has 2 rings (SSSR count). The summed E-state index contributed by atoms with van der Waals surface area (Å²) in [4.78, 5) is 0. The van der Waals surface area contributed by atoms with Gasteiger partial charge in [0.05, 0.1) is 19.3 Å². The van der Waals surface area contributed by atoms with Gasteiger partial charge in [0, 0.05) is 5.92 Å². The smallest absolute Gasteiger partial charge is 0.176 e. The van der Waals surface area contributed by atoms with Crippen LogP contribution in [0.1, 0.15) is 104 Å². The maximum Gasteiger partial charge on any atom is 0.176 e. The molecule has 0 aromatic heterocycles. The molecule has 0 unspecified atom stereocenters. The van der Waals surface area contributed by atoms with Gasteiger partial charge in [0.2, 0.25) is 0 Å². The highest BCUT2D eigenvalue weighted by molar-refractivity contribution is 5.04. The molecule has 3 heteroatoms. The standard InChI is InChI=1S/C23H41NO2/c1-3-5-7-9-11-20-13-15-23(19-24,16-14-20)22-25-17-21(18-26-22)12-10-8-6-4-2/h20-22H,3-18H2,1-2H3/t20-,21?,22?,23-. The van der Waals surface area contributed by atoms with E-state index in [9.17, 15) is 5.26 Å². The van der Waals surface area contributed by atoms with Gasteiger partial charge in [-0.1, -0.05) is 71.6 Å². The van der Waals surface area contributed by atoms with Crippen molar-refractivity contribution in [3.05, 3.63) is 0 Å². The summed E-state index contributed by atoms with van der Waals surface area (Å²) in [5, 5.41) is 9.88. The van der Waals surface area contributed by atoms with Gasteiger partial charge in [0.1, 0.15) is 5.41 Å². The van der Waals surface area contributed by atoms with E-state index in [-0.39, 0.29) is 6.29 Å². The Morgan fingerprint density at radius 2 is 1.35 bits per heavy atom. The zero-order valence-electron chi connectivity index (χ0n) is 17.3. The lowest BCUT2D eigenvalue weighted by Crippen LogP contribution is -2.45. The number of hydrogen-bond acceptors (Lipinski definition) is 3. The molecule has 3 nitrogen and oxygen atoms in total. The van der Waals surface area contributed by atoms with Crippen molar-refractivity contribution in [2.24, 2.45) is 17.3 Å². The average Bonchev–Trinajstić information content (AvgIpc) is 2.70. The summed E-state index contributed by atoms with van der Waals surface area (Å²) in [6.45, 7) is 6.07. The monoisotopic (exact) mass is 363 g/mol. The lowest BCUT2D eigenvalue weighted by molar-refractivity contribution is -0.247. The fourth-order valence-corrected chi connectivity index (χ4v) is 4.63. The summed E-state index contributed by atoms with van der Waals surface area (Å²) in [5.74, 6) is 1.33. The van der Waals surface area contributed by atoms with Gasteiger partial charge in [-0.05, 0) is 38.0 Å². The van der Waals surface area contributed by atoms with Crippen molar-refractivity contribution in [2.45, 2.75) is 110 Å². The second-order valence-corrected chi connectivity index (χ2v) is 8.77. The summed E-state index contributed by atoms with van der Waals surface area (Å²) in [7, 11) is 0. The molecule has 1 aliphatic heterocycles. The fraction of sp³-hybridized carbons (Fsp3) is 0.957. The van der Waals surface area contributed by atoms with Crippen LogP contribution in [0, 0.1) is 28.6 Å². The van der Waals surface area contributed by atoms with Crippen molar-refractivity contribution in [3.8, 4) is 6.07 Å². The first-order valence-corrected chi connectivity index (χ1v) is 11.4. The maximum absolute atomic E-state index is 9.88. The van der Waals surface area contributed by atoms with Crippen LogP contribution < -0.4 is 0 Å². The van der Waals surface area contributed by atoms with Gasteiger partial charge in [-0.2, -0.15) is 5.26 Å². The molecule has 0 bridgehead atoms. The molecule has 0 spiro atoms. The van der Waals surface area contributed by atoms with Crippen LogP contribution >= 0.6 is 0 Å². The topological polar surface area (TPSA) is 42.2 Å². The Kier molecular flexibility index (Phi) is 10.0. The third-order valence-corrected chi connectivity index (χ3v) is 6.57. The first-order chi connectivity index (χ1) is 12.7. The van der Waals surface area contributed by atoms with Crippen LogP contribution in [0.25, 0.3) is 0 Å². The first-order valence-electron chi connectivity index (χ1n) is 11.4. The van der Waals surface area contributed by atoms with Crippen molar-refractivity contribution in [1.29, 1.82) is 5.26 Å². The van der Waals surface area contributed by atoms with E-state index in [0.29, 0.717) is 5.92 Å². The predicted octanol–water partition coefficient (Wildman–Crippen LogP) is 6.62. The van der Waals surface area contributed by atoms with Crippen LogP contribution in [0.2, 0.25) is 0 Å². The van der Waals surface area contributed by atoms with Gasteiger partial charge in [-0.3, -0.25) is 0 Å². The fourth-order valence-electron chi connectivity index (χ4n) is 4.63. The Morgan fingerprint density at radius 1 is 0.808 bits per heavy atom. The van der Waals surface area contributed by atoms with Gasteiger partial charge in [-0.15, -0.1) is 0 Å². The van der Waals surface area contributed by atoms with Crippen molar-refractivity contribution >= 4 is 0 Å². The van der Waals surface area contributed by atoms with E-state index in [1.807, 2.05) is 0 Å². The van der Waals surface area contributed by atoms with Crippen LogP contribution in [0.15, 0.2) is 0 Å². The summed E-state index contributed by atoms with van der Waals surface area (Å²) in [6, 6.07) is 2.61. The molecule has 1 saturated carbocycles. The van der Waals surface area contributed by atoms with E-state index in [0.717, 1.165) is 32.0 Å². The number of unbranched alkanes of at least 4 members (excludes halogenated alkanes) is 6. The van der Waals surface area contributed by atoms with Gasteiger partial charge in [0.15, 0.2) is 6.29 Å². The molecule has 2 aliphatic rings. The summed E-state index contributed by atoms with van der Waals surface area (Å²) < 4.78 is 12.2. The molecular weight excluding hydrogens is 322 g/mol. The highest BCUT2D eigenvalue weighted by atomic mass is 16.7. The summed E-state index contributed by atoms with van der Waals surface area (Å²) in [5.41, 5.74) is -0.396. The number of nitrogens with zero attached hydrogens (tertiary/aromatic N) is 1. The molecule has 1 saturated heterocycles. The second kappa shape index (κ2) is 12.0. The minimum absolute atomic E-state index is 0.291. The minimum Gasteiger partial charge on any atom is -0.351 e. The Hall–Kier alpha value is -0.590. The van der Waals surface area contributed by atoms with Crippen LogP contribution in [-0.2, 0) is 9.47 Å². The van der Waals surface area contributed by atoms with Gasteiger partial charge in [-0.25, -0.2) is 0 Å². The Balaban J connectivity index is 1.70. The van der Waals surface area contributed by atoms with Crippen molar-refractivity contribution in [2.75, 3.05) is 13.2 Å². The number of rotatable bonds is 11. The summed E-state index contributed by atoms with van der Waals surface area (Å²) >= 11 is 0. The molecule has 1 heterocycles. The van der Waals surface area contributed by atoms with Crippen molar-refractivity contribution in [3.63, 3.8) is 0 Å². The molecule has 2 fully saturated rings. The quantitative estimate of drug-likeness (QED) is 0.387. The molecule has 150 valence electrons. The van der Waals surface area contributed by atoms with Crippen LogP contribution in [0.4, 0.5) is 0 Å². The number of nitriles is 1. The largest absolute Gasteiger partial charge is 0.351 e. The second-order valence-electron chi connectivity index (χ2n) is 8.77. The minimum atomic E-state index is -0.396. The lowest BCUT2D eigenvalue weighted by atomic mass is 9.69. The summed E-state index contributed by atoms with van der Waals surface area (Å²) in [6.07, 6.45) is 17.1. The molecule has 0 aromatic rings. The Morgan fingerprint density at radius 3 is 1.85 bits per heavy atom. The molecule has 0 radical (unpaired) electrons. The molecule has 26 heavy (non-hydrogen) atoms. The third-order valence-electron chi connectivity index (χ3n) is 6.57. The highest BCUT2D eigenvalue weighted by Gasteiger charge is 2.45. The maximum atomic E-state index is 9.88. The Labute approximate surface area is 161 Å². The zero-order chi connectivity index (χ0) is 18.7. The lowest BCUT2D eigenvalue weighted by Gasteiger charge is -2.42. The van der Waals surface area contributed by atoms with Crippen molar-refractivity contribution in [1.82, 2.24) is 0 Å². The third kappa shape index (κ3) is 6.54. The van der Waals surface area contributed by atoms with Crippen LogP contribution in [0.3, 0.4) is 0 Å². The van der Waals surface area contributed by atoms with Crippen molar-refractivity contribution < 1.29 is 9.47 Å². The van der Waals surface area contributed by atoms with Gasteiger partial charge >= 0.3 is 0 Å². The van der Waals surface area contributed by atoms with Gasteiger partial charge in [0.25, 0.3) is 0 Å². The molecule has 0 aromatic carbocycles. The molecule has 0 N–H and O–H groups in total. The number of ether oxygens (including phenoxy) is 2. The van der Waals surface area contributed by atoms with Gasteiger partial charge < -0.3 is 9.47 Å². The van der Waals surface area contributed by atoms with E-state index in [1.54, 1.807) is 0 Å². The van der Waals surface area contributed by atoms with Crippen LogP contribution in [-0.4, -0.2) is 19.5 Å². The normalized spacial score (nSPS) is 32.3. The Bertz CT molecular complexity index is 401. The van der Waals surface area contributed by atoms with E-state index in [2.05, 4.69) is 19.9 Å². The molecule has 0 amide bonds. The highest BCUT2D eigenvalue weighted by Crippen LogP contribution is 2.45. The zero-order valence-corrected chi connectivity index (χ0v) is 17.3. The molecule has 0 atom stereocenters. The van der Waals surface area contributed by atoms with E-state index >= 15 is 0 Å². The average molecular weight is 364 g/mol. The van der Waals surface area contributed by atoms with E-state index < -0.39 is 5.41 Å². The molecule has 1 aliphatic carbocycles. The van der Waals surface area contributed by atoms with Crippen LogP contribution in [0.5, 0.6) is 0 Å². The predicted molar refractivity (Wildman–Crippen MR) is 107 cm³/mol. The SMILES string of the molecule is CCCCCCC1COC([C@]2(C#N)CC[C@@H](CCCCCC)CC2)OC1. The van der Waals surface area contributed by atoms with E-state index in [4.69, 9.17) is 9.47 Å². The first kappa shape index (κ1) is 21.7.